The van der Waals surface area contributed by atoms with E-state index in [0.29, 0.717) is 62.0 Å². The van der Waals surface area contributed by atoms with Crippen LogP contribution < -0.4 is 30.9 Å². The summed E-state index contributed by atoms with van der Waals surface area (Å²) in [6, 6.07) is 22.0. The SMILES string of the molecule is Cc1ccccc1C(=O)N1CCc2cc(-c3nc(NC(=O)Cc4ccc(OCCOCCOCCNCCCCCC5SCC6NC(=O)NC65)cc4)sc3C)ccc21. The highest BCUT2D eigenvalue weighted by atomic mass is 32.2. The standard InChI is InChI=1S/C44H54N6O6S2/c1-29-8-5-6-9-35(29)42(52)50-20-17-32-27-33(13-16-37(32)50)40-30(2)58-44(49-40)47-39(51)26-31-11-14-34(15-12-31)56-25-24-55-23-22-54-21-19-45-18-7-3-4-10-38-41-36(28-57-38)46-43(53)48-41/h5-6,8-9,11-16,27,36,38,41,45H,3-4,7,10,17-26,28H2,1-2H3,(H2,46,48,53)(H,47,49,51). The van der Waals surface area contributed by atoms with Gasteiger partial charge in [0.1, 0.15) is 12.4 Å². The molecule has 0 bridgehead atoms. The fraction of sp³-hybridized carbons (Fsp3) is 0.455. The van der Waals surface area contributed by atoms with Crippen molar-refractivity contribution in [1.29, 1.82) is 0 Å². The Bertz CT molecular complexity index is 2030. The Morgan fingerprint density at radius 3 is 2.57 bits per heavy atom. The average Bonchev–Trinajstić information content (AvgIpc) is 4.00. The Hall–Kier alpha value is -4.47. The molecule has 1 aromatic heterocycles. The van der Waals surface area contributed by atoms with E-state index in [2.05, 4.69) is 27.3 Å². The summed E-state index contributed by atoms with van der Waals surface area (Å²) < 4.78 is 17.1. The number of amides is 4. The van der Waals surface area contributed by atoms with Crippen molar-refractivity contribution in [2.24, 2.45) is 0 Å². The smallest absolute Gasteiger partial charge is 0.315 e. The summed E-state index contributed by atoms with van der Waals surface area (Å²) in [5.41, 5.74) is 6.44. The number of nitrogens with one attached hydrogen (secondary N) is 4. The molecule has 4 amide bonds. The lowest BCUT2D eigenvalue weighted by Crippen LogP contribution is -2.36. The number of ether oxygens (including phenoxy) is 3. The lowest BCUT2D eigenvalue weighted by Gasteiger charge is -2.18. The van der Waals surface area contributed by atoms with Gasteiger partial charge in [-0.05, 0) is 86.7 Å². The van der Waals surface area contributed by atoms with Gasteiger partial charge in [-0.15, -0.1) is 11.3 Å². The minimum absolute atomic E-state index is 0.0118. The van der Waals surface area contributed by atoms with Crippen LogP contribution in [0.4, 0.5) is 15.6 Å². The molecule has 2 saturated heterocycles. The van der Waals surface area contributed by atoms with Crippen molar-refractivity contribution in [3.8, 4) is 17.0 Å². The van der Waals surface area contributed by atoms with Crippen LogP contribution in [-0.4, -0.2) is 98.6 Å². The van der Waals surface area contributed by atoms with Gasteiger partial charge in [0.25, 0.3) is 5.91 Å². The first kappa shape index (κ1) is 41.7. The summed E-state index contributed by atoms with van der Waals surface area (Å²) in [7, 11) is 0. The second-order valence-corrected chi connectivity index (χ2v) is 17.4. The van der Waals surface area contributed by atoms with Crippen LogP contribution in [0.5, 0.6) is 5.75 Å². The van der Waals surface area contributed by atoms with E-state index in [1.165, 1.54) is 24.2 Å². The highest BCUT2D eigenvalue weighted by molar-refractivity contribution is 8.00. The minimum atomic E-state index is -0.136. The first-order valence-corrected chi connectivity index (χ1v) is 22.2. The number of nitrogens with zero attached hydrogens (tertiary/aromatic N) is 2. The van der Waals surface area contributed by atoms with Crippen molar-refractivity contribution in [2.45, 2.75) is 69.7 Å². The third-order valence-electron chi connectivity index (χ3n) is 10.8. The zero-order valence-corrected chi connectivity index (χ0v) is 35.0. The maximum atomic E-state index is 13.3. The highest BCUT2D eigenvalue weighted by Gasteiger charge is 2.42. The number of aryl methyl sites for hydroxylation is 2. The van der Waals surface area contributed by atoms with E-state index in [4.69, 9.17) is 19.2 Å². The fourth-order valence-electron chi connectivity index (χ4n) is 7.71. The Morgan fingerprint density at radius 1 is 0.914 bits per heavy atom. The summed E-state index contributed by atoms with van der Waals surface area (Å²) in [6.45, 7) is 9.01. The molecular weight excluding hydrogens is 773 g/mol. The fourth-order valence-corrected chi connectivity index (χ4v) is 10.1. The second-order valence-electron chi connectivity index (χ2n) is 15.0. The number of carbonyl (C=O) groups excluding carboxylic acids is 3. The molecule has 3 unspecified atom stereocenters. The molecule has 3 atom stereocenters. The molecule has 4 aromatic rings. The summed E-state index contributed by atoms with van der Waals surface area (Å²) in [5.74, 6) is 1.63. The molecule has 3 aromatic carbocycles. The van der Waals surface area contributed by atoms with Crippen molar-refractivity contribution < 1.29 is 28.6 Å². The third kappa shape index (κ3) is 11.0. The van der Waals surface area contributed by atoms with E-state index >= 15 is 0 Å². The van der Waals surface area contributed by atoms with Gasteiger partial charge in [-0.1, -0.05) is 49.2 Å². The Balaban J connectivity index is 0.725. The molecule has 7 rings (SSSR count). The van der Waals surface area contributed by atoms with Crippen LogP contribution in [0.25, 0.3) is 11.3 Å². The number of benzene rings is 3. The quantitative estimate of drug-likeness (QED) is 0.0545. The molecule has 3 aliphatic heterocycles. The normalized spacial score (nSPS) is 18.1. The molecule has 3 aliphatic rings. The van der Waals surface area contributed by atoms with Gasteiger partial charge in [-0.25, -0.2) is 9.78 Å². The lowest BCUT2D eigenvalue weighted by atomic mass is 10.0. The number of aromatic nitrogens is 1. The molecular formula is C44H54N6O6S2. The maximum Gasteiger partial charge on any atom is 0.315 e. The number of thioether (sulfide) groups is 1. The second kappa shape index (κ2) is 20.5. The van der Waals surface area contributed by atoms with Gasteiger partial charge in [0.05, 0.1) is 50.6 Å². The molecule has 0 aliphatic carbocycles. The lowest BCUT2D eigenvalue weighted by molar-refractivity contribution is -0.115. The van der Waals surface area contributed by atoms with Crippen molar-refractivity contribution in [3.05, 3.63) is 93.9 Å². The van der Waals surface area contributed by atoms with Gasteiger partial charge >= 0.3 is 6.03 Å². The van der Waals surface area contributed by atoms with Crippen molar-refractivity contribution >= 4 is 51.8 Å². The van der Waals surface area contributed by atoms with Crippen LogP contribution in [0.1, 0.15) is 57.6 Å². The summed E-state index contributed by atoms with van der Waals surface area (Å²) in [5, 5.41) is 13.6. The predicted octanol–water partition coefficient (Wildman–Crippen LogP) is 6.54. The minimum Gasteiger partial charge on any atom is -0.491 e. The largest absolute Gasteiger partial charge is 0.491 e. The van der Waals surface area contributed by atoms with Crippen LogP contribution in [0.3, 0.4) is 0 Å². The maximum absolute atomic E-state index is 13.3. The van der Waals surface area contributed by atoms with Crippen LogP contribution in [0.15, 0.2) is 66.7 Å². The van der Waals surface area contributed by atoms with Crippen LogP contribution in [0.2, 0.25) is 0 Å². The van der Waals surface area contributed by atoms with Gasteiger partial charge in [-0.2, -0.15) is 11.8 Å². The number of fused-ring (bicyclic) bond motifs is 2. The van der Waals surface area contributed by atoms with Gasteiger partial charge in [0, 0.05) is 45.8 Å². The van der Waals surface area contributed by atoms with E-state index in [0.717, 1.165) is 87.9 Å². The van der Waals surface area contributed by atoms with Gasteiger partial charge < -0.3 is 40.4 Å². The zero-order chi connectivity index (χ0) is 40.3. The first-order valence-electron chi connectivity index (χ1n) is 20.4. The van der Waals surface area contributed by atoms with Gasteiger partial charge in [-0.3, -0.25) is 9.59 Å². The van der Waals surface area contributed by atoms with E-state index in [1.807, 2.05) is 91.2 Å². The summed E-state index contributed by atoms with van der Waals surface area (Å²) in [6.07, 6.45) is 5.69. The number of urea groups is 1. The first-order chi connectivity index (χ1) is 28.3. The molecule has 0 spiro atoms. The van der Waals surface area contributed by atoms with Crippen molar-refractivity contribution in [3.63, 3.8) is 0 Å². The Labute approximate surface area is 349 Å². The van der Waals surface area contributed by atoms with Crippen LogP contribution in [0, 0.1) is 13.8 Å². The number of hydrogen-bond acceptors (Lipinski definition) is 10. The molecule has 12 nitrogen and oxygen atoms in total. The Kier molecular flexibility index (Phi) is 14.7. The molecule has 0 radical (unpaired) electrons. The number of hydrogen-bond donors (Lipinski definition) is 4. The number of anilines is 2. The molecule has 14 heteroatoms. The topological polar surface area (TPSA) is 143 Å². The molecule has 0 saturated carbocycles. The molecule has 58 heavy (non-hydrogen) atoms. The average molecular weight is 827 g/mol. The number of unbranched alkanes of at least 4 members (excludes halogenated alkanes) is 2. The van der Waals surface area contributed by atoms with Crippen LogP contribution >= 0.6 is 23.1 Å². The van der Waals surface area contributed by atoms with E-state index in [1.54, 1.807) is 0 Å². The predicted molar refractivity (Wildman–Crippen MR) is 232 cm³/mol. The molecule has 308 valence electrons. The van der Waals surface area contributed by atoms with Crippen molar-refractivity contribution in [2.75, 3.05) is 68.6 Å². The monoisotopic (exact) mass is 826 g/mol. The third-order valence-corrected chi connectivity index (χ3v) is 13.2. The highest BCUT2D eigenvalue weighted by Crippen LogP contribution is 2.37. The Morgan fingerprint density at radius 2 is 1.72 bits per heavy atom. The number of carbonyl (C=O) groups is 3. The molecule has 4 N–H and O–H groups in total. The van der Waals surface area contributed by atoms with Crippen LogP contribution in [-0.2, 0) is 27.1 Å². The van der Waals surface area contributed by atoms with E-state index in [9.17, 15) is 14.4 Å². The van der Waals surface area contributed by atoms with E-state index < -0.39 is 0 Å². The number of rotatable bonds is 21. The molecule has 4 heterocycles. The number of thiazole rings is 1. The summed E-state index contributed by atoms with van der Waals surface area (Å²) in [4.78, 5) is 45.4. The zero-order valence-electron chi connectivity index (χ0n) is 33.3. The summed E-state index contributed by atoms with van der Waals surface area (Å²) >= 11 is 3.44. The molecule has 2 fully saturated rings. The van der Waals surface area contributed by atoms with Gasteiger partial charge in [0.15, 0.2) is 5.13 Å². The van der Waals surface area contributed by atoms with Gasteiger partial charge in [0.2, 0.25) is 5.91 Å². The van der Waals surface area contributed by atoms with E-state index in [-0.39, 0.29) is 24.3 Å². The van der Waals surface area contributed by atoms with Crippen molar-refractivity contribution in [1.82, 2.24) is 20.9 Å².